The maximum absolute atomic E-state index is 14.2. The molecule has 5 amide bonds. The Morgan fingerprint density at radius 2 is 1.10 bits per heavy atom. The van der Waals surface area contributed by atoms with Crippen LogP contribution in [0.1, 0.15) is 77.0 Å². The molecule has 0 saturated carbocycles. The maximum Gasteiger partial charge on any atom is 0.333 e. The van der Waals surface area contributed by atoms with Crippen LogP contribution in [-0.4, -0.2) is 269 Å². The van der Waals surface area contributed by atoms with Gasteiger partial charge in [0.05, 0.1) is 39.1 Å². The summed E-state index contributed by atoms with van der Waals surface area (Å²) in [5.41, 5.74) is -0.890. The van der Waals surface area contributed by atoms with Crippen molar-refractivity contribution in [3.63, 3.8) is 0 Å². The lowest BCUT2D eigenvalue weighted by Gasteiger charge is -2.42. The molecule has 0 spiro atoms. The van der Waals surface area contributed by atoms with Crippen LogP contribution in [0.25, 0.3) is 0 Å². The number of hydrogen-bond acceptors (Lipinski definition) is 24. The summed E-state index contributed by atoms with van der Waals surface area (Å²) in [5.74, 6) is -3.24. The van der Waals surface area contributed by atoms with Gasteiger partial charge in [0.25, 0.3) is 11.8 Å². The topological polar surface area (TPSA) is 422 Å². The number of carbonyl (C=O) groups is 6. The highest BCUT2D eigenvalue weighted by Crippen LogP contribution is 2.40. The molecule has 0 aromatic carbocycles. The molecule has 5 rings (SSSR count). The number of aliphatic hydroxyl groups is 12. The van der Waals surface area contributed by atoms with Crippen molar-refractivity contribution >= 4 is 35.5 Å². The van der Waals surface area contributed by atoms with E-state index in [1.807, 2.05) is 0 Å². The van der Waals surface area contributed by atoms with Crippen LogP contribution in [0.2, 0.25) is 0 Å². The molecule has 5 aliphatic heterocycles. The van der Waals surface area contributed by atoms with Crippen LogP contribution < -0.4 is 5.32 Å². The van der Waals surface area contributed by atoms with Crippen molar-refractivity contribution in [3.05, 3.63) is 0 Å². The smallest absolute Gasteiger partial charge is 0.333 e. The average molecular weight is 1040 g/mol. The number of unbranched alkanes of at least 4 members (excludes halogenated alkanes) is 1. The zero-order valence-corrected chi connectivity index (χ0v) is 39.8. The first-order valence-electron chi connectivity index (χ1n) is 24.3. The zero-order chi connectivity index (χ0) is 52.9. The molecule has 13 N–H and O–H groups in total. The van der Waals surface area contributed by atoms with Gasteiger partial charge in [-0.25, -0.2) is 4.79 Å². The molecule has 28 nitrogen and oxygen atoms in total. The first-order valence-corrected chi connectivity index (χ1v) is 24.3. The summed E-state index contributed by atoms with van der Waals surface area (Å²) < 4.78 is 27.7. The van der Waals surface area contributed by atoms with Gasteiger partial charge in [-0.05, 0) is 43.9 Å². The van der Waals surface area contributed by atoms with Crippen molar-refractivity contribution in [1.29, 1.82) is 0 Å². The second-order valence-corrected chi connectivity index (χ2v) is 18.8. The van der Waals surface area contributed by atoms with E-state index in [9.17, 15) is 90.0 Å². The molecular weight excluding hydrogens is 968 g/mol. The average Bonchev–Trinajstić information content (AvgIpc) is 3.68. The van der Waals surface area contributed by atoms with Crippen molar-refractivity contribution in [2.45, 2.75) is 169 Å². The molecule has 5 aliphatic rings. The Morgan fingerprint density at radius 1 is 0.625 bits per heavy atom. The van der Waals surface area contributed by atoms with Crippen molar-refractivity contribution < 1.29 is 119 Å². The molecule has 15 atom stereocenters. The van der Waals surface area contributed by atoms with Crippen molar-refractivity contribution in [1.82, 2.24) is 20.2 Å². The molecule has 0 bridgehead atoms. The molecule has 0 radical (unpaired) electrons. The number of aliphatic hydroxyl groups excluding tert-OH is 12. The minimum atomic E-state index is -1.74. The minimum Gasteiger partial charge on any atom is -0.394 e. The van der Waals surface area contributed by atoms with E-state index in [2.05, 4.69) is 5.32 Å². The molecule has 5 heterocycles. The van der Waals surface area contributed by atoms with E-state index in [1.165, 1.54) is 4.90 Å². The fourth-order valence-corrected chi connectivity index (χ4v) is 9.29. The molecule has 0 unspecified atom stereocenters. The summed E-state index contributed by atoms with van der Waals surface area (Å²) in [6.07, 6.45) is -22.3. The molecule has 5 fully saturated rings. The standard InChI is InChI=1S/C44H72N4O24/c49-20-24-34(59)37(62)33(58)23(69-24)8-12-45-27(52)19-44(10-13-46(14-11-44)28(53)3-1-2-4-32(57)72-48-30(55)5-6-31(48)56)9-7-29(54)47(15-17-67-42-40(65)38(63)35(60)25(21-50)70-42)16-18-68-43-41(66)39(64)36(61)26(22-51)71-43/h23-26,33-43,49-51,58-66H,1-22H2,(H,45,52)/t23-,24+,25-,26+,33-,34+,35-,36+,37+,38+,39-,40+,41-,42+,43-/m0/s1. The van der Waals surface area contributed by atoms with E-state index < -0.39 is 147 Å². The Hall–Kier alpha value is -3.66. The Bertz CT molecular complexity index is 1730. The number of hydrogen-bond donors (Lipinski definition) is 13. The van der Waals surface area contributed by atoms with E-state index >= 15 is 0 Å². The van der Waals surface area contributed by atoms with E-state index in [0.717, 1.165) is 0 Å². The monoisotopic (exact) mass is 1040 g/mol. The van der Waals surface area contributed by atoms with Gasteiger partial charge in [-0.15, -0.1) is 5.06 Å². The van der Waals surface area contributed by atoms with Gasteiger partial charge in [0.15, 0.2) is 12.6 Å². The van der Waals surface area contributed by atoms with Crippen molar-refractivity contribution in [3.8, 4) is 0 Å². The van der Waals surface area contributed by atoms with E-state index in [4.69, 9.17) is 28.5 Å². The molecule has 72 heavy (non-hydrogen) atoms. The lowest BCUT2D eigenvalue weighted by Crippen LogP contribution is -2.59. The number of nitrogens with one attached hydrogen (secondary N) is 1. The number of rotatable bonds is 25. The normalized spacial score (nSPS) is 34.0. The summed E-state index contributed by atoms with van der Waals surface area (Å²) in [4.78, 5) is 84.7. The molecular formula is C44H72N4O24. The summed E-state index contributed by atoms with van der Waals surface area (Å²) >= 11 is 0. The second kappa shape index (κ2) is 27.8. The highest BCUT2D eigenvalue weighted by atomic mass is 16.7. The van der Waals surface area contributed by atoms with Crippen LogP contribution in [0.3, 0.4) is 0 Å². The van der Waals surface area contributed by atoms with E-state index in [0.29, 0.717) is 5.06 Å². The lowest BCUT2D eigenvalue weighted by molar-refractivity contribution is -0.303. The number of hydroxylamine groups is 2. The molecule has 5 saturated heterocycles. The van der Waals surface area contributed by atoms with Gasteiger partial charge in [0.1, 0.15) is 73.2 Å². The van der Waals surface area contributed by atoms with Crippen LogP contribution >= 0.6 is 0 Å². The van der Waals surface area contributed by atoms with Crippen molar-refractivity contribution in [2.75, 3.05) is 65.8 Å². The molecule has 0 aromatic heterocycles. The van der Waals surface area contributed by atoms with Gasteiger partial charge in [-0.3, -0.25) is 24.0 Å². The highest BCUT2D eigenvalue weighted by Gasteiger charge is 2.47. The number of likely N-dealkylation sites (tertiary alicyclic amines) is 1. The molecule has 28 heteroatoms. The summed E-state index contributed by atoms with van der Waals surface area (Å²) in [7, 11) is 0. The van der Waals surface area contributed by atoms with Gasteiger partial charge in [-0.2, -0.15) is 0 Å². The third-order valence-electron chi connectivity index (χ3n) is 13.9. The minimum absolute atomic E-state index is 0.0153. The molecule has 0 aromatic rings. The Morgan fingerprint density at radius 3 is 1.61 bits per heavy atom. The fourth-order valence-electron chi connectivity index (χ4n) is 9.29. The van der Waals surface area contributed by atoms with Crippen LogP contribution in [-0.2, 0) is 57.3 Å². The van der Waals surface area contributed by atoms with Crippen LogP contribution in [0, 0.1) is 5.41 Å². The third-order valence-corrected chi connectivity index (χ3v) is 13.9. The Balaban J connectivity index is 1.23. The predicted molar refractivity (Wildman–Crippen MR) is 235 cm³/mol. The van der Waals surface area contributed by atoms with Gasteiger partial charge in [-0.1, -0.05) is 0 Å². The van der Waals surface area contributed by atoms with E-state index in [1.54, 1.807) is 4.90 Å². The van der Waals surface area contributed by atoms with Gasteiger partial charge >= 0.3 is 5.97 Å². The highest BCUT2D eigenvalue weighted by molar-refractivity contribution is 6.01. The largest absolute Gasteiger partial charge is 0.394 e. The predicted octanol–water partition coefficient (Wildman–Crippen LogP) is -7.26. The fraction of sp³-hybridized carbons (Fsp3) is 0.864. The van der Waals surface area contributed by atoms with Gasteiger partial charge < -0.3 is 105 Å². The van der Waals surface area contributed by atoms with Crippen molar-refractivity contribution in [2.24, 2.45) is 5.41 Å². The summed E-state index contributed by atoms with van der Waals surface area (Å²) in [6.45, 7) is -2.90. The lowest BCUT2D eigenvalue weighted by atomic mass is 9.72. The Labute approximate surface area is 413 Å². The van der Waals surface area contributed by atoms with Crippen LogP contribution in [0.15, 0.2) is 0 Å². The van der Waals surface area contributed by atoms with E-state index in [-0.39, 0.29) is 129 Å². The molecule has 0 aliphatic carbocycles. The zero-order valence-electron chi connectivity index (χ0n) is 39.8. The first-order chi connectivity index (χ1) is 34.2. The quantitative estimate of drug-likeness (QED) is 0.0298. The summed E-state index contributed by atoms with van der Waals surface area (Å²) in [5, 5.41) is 125. The van der Waals surface area contributed by atoms with Gasteiger partial charge in [0, 0.05) is 71.2 Å². The SMILES string of the molecule is O=C(CC1(CCC(=O)N(CCO[C@H]2O[C@H](CO)[C@@H](O)[C@H](O)[C@@H]2O)CCO[C@@H]2O[C@@H](CO)[C@H](O)[C@@H](O)[C@H]2O)CCN(C(=O)CCCCC(=O)ON2C(=O)CCC2=O)CC1)NCC[C@@H]1O[C@H](CO)[C@@H](O)[C@H](O)[C@H]1O. The van der Waals surface area contributed by atoms with Gasteiger partial charge in [0.2, 0.25) is 17.7 Å². The number of amides is 5. The summed E-state index contributed by atoms with van der Waals surface area (Å²) in [6, 6.07) is 0. The van der Waals surface area contributed by atoms with Crippen LogP contribution in [0.4, 0.5) is 0 Å². The van der Waals surface area contributed by atoms with Crippen LogP contribution in [0.5, 0.6) is 0 Å². The number of piperidine rings is 1. The number of ether oxygens (including phenoxy) is 5. The number of nitrogens with zero attached hydrogens (tertiary/aromatic N) is 3. The molecule has 412 valence electrons. The Kier molecular flexibility index (Phi) is 22.8. The first kappa shape index (κ1) is 59.2. The number of carbonyl (C=O) groups excluding carboxylic acids is 6. The third kappa shape index (κ3) is 15.5. The second-order valence-electron chi connectivity index (χ2n) is 18.8. The maximum atomic E-state index is 14.2. The number of imide groups is 1.